The third-order valence-electron chi connectivity index (χ3n) is 1.57. The molecule has 0 bridgehead atoms. The second-order valence-electron chi connectivity index (χ2n) is 2.45. The summed E-state index contributed by atoms with van der Waals surface area (Å²) in [7, 11) is 0. The van der Waals surface area contributed by atoms with Crippen molar-refractivity contribution >= 4 is 11.1 Å². The molecule has 5 heteroatoms. The van der Waals surface area contributed by atoms with Gasteiger partial charge in [0, 0.05) is 0 Å². The molecule has 0 fully saturated rings. The maximum atomic E-state index is 10.7. The molecule has 0 heterocycles. The third-order valence-corrected chi connectivity index (χ3v) is 2.23. The summed E-state index contributed by atoms with van der Waals surface area (Å²) in [6.07, 6.45) is 0. The van der Waals surface area contributed by atoms with Gasteiger partial charge in [0.25, 0.3) is 0 Å². The molecule has 0 saturated carbocycles. The highest BCUT2D eigenvalue weighted by atomic mass is 32.2. The molecule has 1 aromatic carbocycles. The van der Waals surface area contributed by atoms with Crippen molar-refractivity contribution < 1.29 is 13.5 Å². The lowest BCUT2D eigenvalue weighted by Crippen LogP contribution is -1.96. The molecular weight excluding hydrogens is 202 g/mol. The van der Waals surface area contributed by atoms with E-state index in [-0.39, 0.29) is 10.5 Å². The molecule has 0 aliphatic carbocycles. The van der Waals surface area contributed by atoms with Crippen LogP contribution in [-0.4, -0.2) is 15.4 Å². The van der Waals surface area contributed by atoms with Crippen molar-refractivity contribution in [2.24, 2.45) is 0 Å². The molecule has 74 valence electrons. The Morgan fingerprint density at radius 3 is 2.86 bits per heavy atom. The van der Waals surface area contributed by atoms with Crippen LogP contribution in [0.3, 0.4) is 0 Å². The van der Waals surface area contributed by atoms with Crippen LogP contribution >= 0.6 is 0 Å². The molecule has 14 heavy (non-hydrogen) atoms. The van der Waals surface area contributed by atoms with Gasteiger partial charge in [0.05, 0.1) is 17.1 Å². The van der Waals surface area contributed by atoms with Gasteiger partial charge < -0.3 is 9.29 Å². The maximum Gasteiger partial charge on any atom is 0.186 e. The van der Waals surface area contributed by atoms with Crippen molar-refractivity contribution in [3.05, 3.63) is 23.8 Å². The molecule has 0 radical (unpaired) electrons. The predicted molar refractivity (Wildman–Crippen MR) is 51.4 cm³/mol. The molecule has 1 rings (SSSR count). The zero-order valence-electron chi connectivity index (χ0n) is 7.56. The topological polar surface area (TPSA) is 70.3 Å². The van der Waals surface area contributed by atoms with Gasteiger partial charge in [-0.1, -0.05) is 0 Å². The first-order valence-corrected chi connectivity index (χ1v) is 5.07. The lowest BCUT2D eigenvalue weighted by molar-refractivity contribution is 0.339. The van der Waals surface area contributed by atoms with Crippen LogP contribution in [0.15, 0.2) is 23.1 Å². The summed E-state index contributed by atoms with van der Waals surface area (Å²) in [6.45, 7) is 2.26. The summed E-state index contributed by atoms with van der Waals surface area (Å²) < 4.78 is 24.6. The monoisotopic (exact) mass is 211 g/mol. The van der Waals surface area contributed by atoms with Crippen molar-refractivity contribution in [3.63, 3.8) is 0 Å². The average molecular weight is 211 g/mol. The summed E-state index contributed by atoms with van der Waals surface area (Å²) >= 11 is -2.06. The number of nitriles is 1. The van der Waals surface area contributed by atoms with Crippen LogP contribution in [0.2, 0.25) is 0 Å². The number of benzene rings is 1. The molecule has 0 aliphatic rings. The van der Waals surface area contributed by atoms with Crippen molar-refractivity contribution in [2.75, 3.05) is 6.61 Å². The van der Waals surface area contributed by atoms with E-state index in [4.69, 9.17) is 14.6 Å². The molecule has 1 unspecified atom stereocenters. The minimum atomic E-state index is -2.06. The lowest BCUT2D eigenvalue weighted by Gasteiger charge is -2.05. The largest absolute Gasteiger partial charge is 0.492 e. The zero-order valence-corrected chi connectivity index (χ0v) is 8.37. The Morgan fingerprint density at radius 2 is 2.36 bits per heavy atom. The van der Waals surface area contributed by atoms with Crippen LogP contribution in [0.5, 0.6) is 5.75 Å². The summed E-state index contributed by atoms with van der Waals surface area (Å²) in [4.78, 5) is 0.199. The Morgan fingerprint density at radius 1 is 1.64 bits per heavy atom. The van der Waals surface area contributed by atoms with Crippen LogP contribution in [-0.2, 0) is 11.1 Å². The molecule has 0 aliphatic heterocycles. The van der Waals surface area contributed by atoms with Gasteiger partial charge in [-0.3, -0.25) is 0 Å². The number of hydrogen-bond donors (Lipinski definition) is 1. The molecule has 0 amide bonds. The second-order valence-corrected chi connectivity index (χ2v) is 3.42. The Labute approximate surface area is 84.4 Å². The first-order chi connectivity index (χ1) is 6.69. The van der Waals surface area contributed by atoms with E-state index in [1.54, 1.807) is 6.92 Å². The highest BCUT2D eigenvalue weighted by molar-refractivity contribution is 7.79. The minimum absolute atomic E-state index is 0.199. The van der Waals surface area contributed by atoms with Crippen LogP contribution in [0.25, 0.3) is 0 Å². The fourth-order valence-corrected chi connectivity index (χ4v) is 1.39. The molecule has 0 saturated heterocycles. The molecule has 1 aromatic rings. The molecule has 1 N–H and O–H groups in total. The number of nitrogens with zero attached hydrogens (tertiary/aromatic N) is 1. The summed E-state index contributed by atoms with van der Waals surface area (Å²) in [5, 5.41) is 8.74. The molecular formula is C9H9NO3S. The SMILES string of the molecule is CCOc1ccc(S(=O)O)cc1C#N. The van der Waals surface area contributed by atoms with E-state index in [2.05, 4.69) is 0 Å². The van der Waals surface area contributed by atoms with E-state index in [9.17, 15) is 4.21 Å². The third kappa shape index (κ3) is 2.31. The highest BCUT2D eigenvalue weighted by Gasteiger charge is 2.06. The first kappa shape index (κ1) is 10.7. The van der Waals surface area contributed by atoms with E-state index in [1.807, 2.05) is 6.07 Å². The van der Waals surface area contributed by atoms with Gasteiger partial charge in [0.1, 0.15) is 11.8 Å². The Hall–Kier alpha value is -1.38. The average Bonchev–Trinajstić information content (AvgIpc) is 2.18. The fraction of sp³-hybridized carbons (Fsp3) is 0.222. The number of rotatable bonds is 3. The quantitative estimate of drug-likeness (QED) is 0.770. The molecule has 1 atom stereocenters. The van der Waals surface area contributed by atoms with Gasteiger partial charge >= 0.3 is 0 Å². The normalized spacial score (nSPS) is 11.8. The van der Waals surface area contributed by atoms with Crippen molar-refractivity contribution in [2.45, 2.75) is 11.8 Å². The summed E-state index contributed by atoms with van der Waals surface area (Å²) in [6, 6.07) is 6.23. The minimum Gasteiger partial charge on any atom is -0.492 e. The highest BCUT2D eigenvalue weighted by Crippen LogP contribution is 2.20. The lowest BCUT2D eigenvalue weighted by atomic mass is 10.2. The van der Waals surface area contributed by atoms with Gasteiger partial charge in [-0.2, -0.15) is 5.26 Å². The van der Waals surface area contributed by atoms with Gasteiger partial charge in [0.15, 0.2) is 11.1 Å². The summed E-state index contributed by atoms with van der Waals surface area (Å²) in [5.74, 6) is 0.434. The van der Waals surface area contributed by atoms with Crippen LogP contribution < -0.4 is 4.74 Å². The Balaban J connectivity index is 3.13. The van der Waals surface area contributed by atoms with Crippen molar-refractivity contribution in [1.29, 1.82) is 5.26 Å². The fourth-order valence-electron chi connectivity index (χ4n) is 0.986. The van der Waals surface area contributed by atoms with Crippen LogP contribution in [0.1, 0.15) is 12.5 Å². The molecule has 4 nitrogen and oxygen atoms in total. The van der Waals surface area contributed by atoms with Crippen molar-refractivity contribution in [1.82, 2.24) is 0 Å². The van der Waals surface area contributed by atoms with E-state index in [0.717, 1.165) is 0 Å². The van der Waals surface area contributed by atoms with Gasteiger partial charge in [0.2, 0.25) is 0 Å². The number of ether oxygens (including phenoxy) is 1. The maximum absolute atomic E-state index is 10.7. The van der Waals surface area contributed by atoms with E-state index in [0.29, 0.717) is 12.4 Å². The Bertz CT molecular complexity index is 398. The predicted octanol–water partition coefficient (Wildman–Crippen LogP) is 1.54. The van der Waals surface area contributed by atoms with E-state index >= 15 is 0 Å². The zero-order chi connectivity index (χ0) is 10.6. The van der Waals surface area contributed by atoms with Crippen molar-refractivity contribution in [3.8, 4) is 11.8 Å². The number of hydrogen-bond acceptors (Lipinski definition) is 3. The first-order valence-electron chi connectivity index (χ1n) is 3.96. The molecule has 0 spiro atoms. The van der Waals surface area contributed by atoms with E-state index in [1.165, 1.54) is 18.2 Å². The standard InChI is InChI=1S/C9H9NO3S/c1-2-13-9-4-3-8(14(11)12)5-7(9)6-10/h3-5H,2H2,1H3,(H,11,12). The van der Waals surface area contributed by atoms with Gasteiger partial charge in [-0.15, -0.1) is 0 Å². The van der Waals surface area contributed by atoms with Crippen LogP contribution in [0.4, 0.5) is 0 Å². The van der Waals surface area contributed by atoms with E-state index < -0.39 is 11.1 Å². The summed E-state index contributed by atoms with van der Waals surface area (Å²) in [5.41, 5.74) is 0.270. The van der Waals surface area contributed by atoms with Gasteiger partial charge in [-0.25, -0.2) is 4.21 Å². The second kappa shape index (κ2) is 4.74. The van der Waals surface area contributed by atoms with Crippen LogP contribution in [0, 0.1) is 11.3 Å². The Kier molecular flexibility index (Phi) is 3.63. The van der Waals surface area contributed by atoms with Gasteiger partial charge in [-0.05, 0) is 25.1 Å². The molecule has 0 aromatic heterocycles. The smallest absolute Gasteiger partial charge is 0.186 e.